The highest BCUT2D eigenvalue weighted by atomic mass is 16.2. The Labute approximate surface area is 92.2 Å². The molecule has 1 rings (SSSR count). The molecule has 8 nitrogen and oxygen atoms in total. The van der Waals surface area contributed by atoms with Crippen LogP contribution in [0.4, 0.5) is 0 Å². The molecule has 0 unspecified atom stereocenters. The molecule has 0 aromatic carbocycles. The van der Waals surface area contributed by atoms with Gasteiger partial charge < -0.3 is 10.6 Å². The first-order chi connectivity index (χ1) is 7.74. The van der Waals surface area contributed by atoms with Gasteiger partial charge in [0.05, 0.1) is 0 Å². The molecular weight excluding hydrogens is 212 g/mol. The van der Waals surface area contributed by atoms with E-state index in [4.69, 9.17) is 0 Å². The van der Waals surface area contributed by atoms with Crippen molar-refractivity contribution in [3.05, 3.63) is 5.82 Å². The van der Waals surface area contributed by atoms with E-state index in [1.165, 1.54) is 0 Å². The SMILES string of the molecule is CCCNC(=O)CCNC(=O)c1nn[nH]n1. The van der Waals surface area contributed by atoms with E-state index < -0.39 is 5.91 Å². The van der Waals surface area contributed by atoms with Crippen molar-refractivity contribution < 1.29 is 9.59 Å². The minimum Gasteiger partial charge on any atom is -0.356 e. The zero-order valence-electron chi connectivity index (χ0n) is 8.99. The molecule has 0 aliphatic carbocycles. The summed E-state index contributed by atoms with van der Waals surface area (Å²) in [4.78, 5) is 22.4. The molecule has 0 saturated heterocycles. The molecular formula is C8H14N6O2. The van der Waals surface area contributed by atoms with Crippen LogP contribution in [0.15, 0.2) is 0 Å². The standard InChI is InChI=1S/C8H14N6O2/c1-2-4-9-6(15)3-5-10-8(16)7-11-13-14-12-7/h2-5H2,1H3,(H,9,15)(H,10,16)(H,11,12,13,14). The first-order valence-electron chi connectivity index (χ1n) is 5.02. The van der Waals surface area contributed by atoms with Gasteiger partial charge in [0.2, 0.25) is 5.91 Å². The molecule has 2 amide bonds. The largest absolute Gasteiger partial charge is 0.356 e. The van der Waals surface area contributed by atoms with Crippen molar-refractivity contribution >= 4 is 11.8 Å². The van der Waals surface area contributed by atoms with Crippen molar-refractivity contribution in [1.29, 1.82) is 0 Å². The fourth-order valence-corrected chi connectivity index (χ4v) is 0.979. The molecule has 0 bridgehead atoms. The highest BCUT2D eigenvalue weighted by Gasteiger charge is 2.10. The number of aromatic nitrogens is 4. The summed E-state index contributed by atoms with van der Waals surface area (Å²) in [6.07, 6.45) is 1.13. The van der Waals surface area contributed by atoms with Crippen molar-refractivity contribution in [2.24, 2.45) is 0 Å². The number of H-pyrrole nitrogens is 1. The first-order valence-corrected chi connectivity index (χ1v) is 5.02. The van der Waals surface area contributed by atoms with Gasteiger partial charge in [0, 0.05) is 19.5 Å². The minimum atomic E-state index is -0.447. The quantitative estimate of drug-likeness (QED) is 0.566. The fraction of sp³-hybridized carbons (Fsp3) is 0.625. The normalized spacial score (nSPS) is 9.81. The van der Waals surface area contributed by atoms with Crippen LogP contribution in [-0.4, -0.2) is 45.5 Å². The molecule has 1 heterocycles. The van der Waals surface area contributed by atoms with Gasteiger partial charge in [-0.2, -0.15) is 5.21 Å². The van der Waals surface area contributed by atoms with Crippen LogP contribution in [0.1, 0.15) is 30.4 Å². The summed E-state index contributed by atoms with van der Waals surface area (Å²) >= 11 is 0. The maximum Gasteiger partial charge on any atom is 0.292 e. The Morgan fingerprint density at radius 2 is 2.12 bits per heavy atom. The Bertz CT molecular complexity index is 336. The molecule has 88 valence electrons. The number of amides is 2. The third-order valence-electron chi connectivity index (χ3n) is 1.76. The molecule has 1 aromatic rings. The molecule has 0 atom stereocenters. The monoisotopic (exact) mass is 226 g/mol. The van der Waals surface area contributed by atoms with Crippen LogP contribution >= 0.6 is 0 Å². The highest BCUT2D eigenvalue weighted by Crippen LogP contribution is 1.84. The fourth-order valence-electron chi connectivity index (χ4n) is 0.979. The van der Waals surface area contributed by atoms with Gasteiger partial charge in [0.15, 0.2) is 0 Å². The number of rotatable bonds is 6. The summed E-state index contributed by atoms with van der Waals surface area (Å²) in [5.41, 5.74) is 0. The van der Waals surface area contributed by atoms with Crippen LogP contribution in [-0.2, 0) is 4.79 Å². The van der Waals surface area contributed by atoms with E-state index in [0.717, 1.165) is 6.42 Å². The number of nitrogens with one attached hydrogen (secondary N) is 3. The van der Waals surface area contributed by atoms with Crippen molar-refractivity contribution in [2.75, 3.05) is 13.1 Å². The van der Waals surface area contributed by atoms with Crippen molar-refractivity contribution in [3.8, 4) is 0 Å². The number of carbonyl (C=O) groups is 2. The second-order valence-corrected chi connectivity index (χ2v) is 3.09. The molecule has 0 saturated carbocycles. The number of hydrogen-bond donors (Lipinski definition) is 3. The number of aromatic amines is 1. The van der Waals surface area contributed by atoms with Gasteiger partial charge in [-0.25, -0.2) is 0 Å². The highest BCUT2D eigenvalue weighted by molar-refractivity contribution is 5.90. The second kappa shape index (κ2) is 6.49. The molecule has 8 heteroatoms. The molecule has 0 spiro atoms. The van der Waals surface area contributed by atoms with E-state index in [1.807, 2.05) is 6.92 Å². The van der Waals surface area contributed by atoms with Gasteiger partial charge in [0.1, 0.15) is 0 Å². The van der Waals surface area contributed by atoms with Gasteiger partial charge in [-0.3, -0.25) is 9.59 Å². The Balaban J connectivity index is 2.16. The number of nitrogens with zero attached hydrogens (tertiary/aromatic N) is 3. The number of carbonyl (C=O) groups excluding carboxylic acids is 2. The number of tetrazole rings is 1. The topological polar surface area (TPSA) is 113 Å². The van der Waals surface area contributed by atoms with Crippen molar-refractivity contribution in [1.82, 2.24) is 31.3 Å². The van der Waals surface area contributed by atoms with Crippen LogP contribution in [0.5, 0.6) is 0 Å². The molecule has 3 N–H and O–H groups in total. The zero-order valence-corrected chi connectivity index (χ0v) is 8.99. The van der Waals surface area contributed by atoms with E-state index in [-0.39, 0.29) is 24.7 Å². The lowest BCUT2D eigenvalue weighted by Gasteiger charge is -2.03. The van der Waals surface area contributed by atoms with Crippen LogP contribution in [0.2, 0.25) is 0 Å². The van der Waals surface area contributed by atoms with Crippen molar-refractivity contribution in [2.45, 2.75) is 19.8 Å². The lowest BCUT2D eigenvalue weighted by atomic mass is 10.3. The van der Waals surface area contributed by atoms with Crippen LogP contribution in [0.25, 0.3) is 0 Å². The molecule has 0 aliphatic rings. The lowest BCUT2D eigenvalue weighted by molar-refractivity contribution is -0.120. The molecule has 0 aliphatic heterocycles. The van der Waals surface area contributed by atoms with E-state index in [1.54, 1.807) is 0 Å². The van der Waals surface area contributed by atoms with Crippen LogP contribution in [0, 0.1) is 0 Å². The van der Waals surface area contributed by atoms with Gasteiger partial charge in [-0.15, -0.1) is 10.2 Å². The Morgan fingerprint density at radius 1 is 1.31 bits per heavy atom. The van der Waals surface area contributed by atoms with Gasteiger partial charge in [-0.05, 0) is 11.6 Å². The Hall–Kier alpha value is -1.99. The van der Waals surface area contributed by atoms with Crippen LogP contribution in [0.3, 0.4) is 0 Å². The summed E-state index contributed by atoms with van der Waals surface area (Å²) < 4.78 is 0. The summed E-state index contributed by atoms with van der Waals surface area (Å²) in [7, 11) is 0. The first kappa shape index (κ1) is 12.1. The van der Waals surface area contributed by atoms with E-state index in [9.17, 15) is 9.59 Å². The maximum atomic E-state index is 11.3. The van der Waals surface area contributed by atoms with Crippen molar-refractivity contribution in [3.63, 3.8) is 0 Å². The van der Waals surface area contributed by atoms with Crippen LogP contribution < -0.4 is 10.6 Å². The predicted molar refractivity (Wildman–Crippen MR) is 54.4 cm³/mol. The van der Waals surface area contributed by atoms with Gasteiger partial charge in [0.25, 0.3) is 11.7 Å². The zero-order chi connectivity index (χ0) is 11.8. The third-order valence-corrected chi connectivity index (χ3v) is 1.76. The lowest BCUT2D eigenvalue weighted by Crippen LogP contribution is -2.31. The number of hydrogen-bond acceptors (Lipinski definition) is 5. The Kier molecular flexibility index (Phi) is 4.90. The maximum absolute atomic E-state index is 11.3. The summed E-state index contributed by atoms with van der Waals surface area (Å²) in [6.45, 7) is 2.87. The molecule has 0 fully saturated rings. The molecule has 0 radical (unpaired) electrons. The van der Waals surface area contributed by atoms with E-state index in [2.05, 4.69) is 31.3 Å². The van der Waals surface area contributed by atoms with E-state index in [0.29, 0.717) is 6.54 Å². The molecule has 1 aromatic heterocycles. The third kappa shape index (κ3) is 4.03. The smallest absolute Gasteiger partial charge is 0.292 e. The molecule has 16 heavy (non-hydrogen) atoms. The summed E-state index contributed by atoms with van der Waals surface area (Å²) in [5, 5.41) is 17.6. The van der Waals surface area contributed by atoms with E-state index >= 15 is 0 Å². The Morgan fingerprint density at radius 3 is 2.75 bits per heavy atom. The average molecular weight is 226 g/mol. The van der Waals surface area contributed by atoms with Gasteiger partial charge in [-0.1, -0.05) is 6.92 Å². The summed E-state index contributed by atoms with van der Waals surface area (Å²) in [5.74, 6) is -0.568. The summed E-state index contributed by atoms with van der Waals surface area (Å²) in [6, 6.07) is 0. The predicted octanol–water partition coefficient (Wildman–Crippen LogP) is -1.15. The average Bonchev–Trinajstić information content (AvgIpc) is 2.79. The van der Waals surface area contributed by atoms with Gasteiger partial charge >= 0.3 is 0 Å². The second-order valence-electron chi connectivity index (χ2n) is 3.09. The minimum absolute atomic E-state index is 0.0334.